The summed E-state index contributed by atoms with van der Waals surface area (Å²) in [6.45, 7) is 1.05. The van der Waals surface area contributed by atoms with Gasteiger partial charge in [0.2, 0.25) is 5.82 Å². The number of anilines is 1. The van der Waals surface area contributed by atoms with Crippen LogP contribution >= 0.6 is 27.3 Å². The number of hydrogen-bond donors (Lipinski definition) is 1. The van der Waals surface area contributed by atoms with Gasteiger partial charge in [0.05, 0.1) is 8.66 Å². The van der Waals surface area contributed by atoms with Gasteiger partial charge in [-0.2, -0.15) is 4.98 Å². The third-order valence-corrected chi connectivity index (χ3v) is 5.13. The lowest BCUT2D eigenvalue weighted by Crippen LogP contribution is -2.11. The molecule has 106 valence electrons. The van der Waals surface area contributed by atoms with Gasteiger partial charge in [-0.25, -0.2) is 0 Å². The van der Waals surface area contributed by atoms with Crippen molar-refractivity contribution in [2.45, 2.75) is 12.8 Å². The van der Waals surface area contributed by atoms with Gasteiger partial charge in [-0.05, 0) is 64.7 Å². The van der Waals surface area contributed by atoms with Crippen LogP contribution in [0.15, 0.2) is 38.6 Å². The minimum absolute atomic E-state index is 0.572. The van der Waals surface area contributed by atoms with Crippen molar-refractivity contribution in [1.29, 1.82) is 0 Å². The number of fused-ring (bicyclic) bond motifs is 1. The maximum atomic E-state index is 5.42. The normalized spacial score (nSPS) is 13.8. The Morgan fingerprint density at radius 1 is 1.24 bits per heavy atom. The van der Waals surface area contributed by atoms with E-state index in [0.717, 1.165) is 33.6 Å². The van der Waals surface area contributed by atoms with Crippen LogP contribution in [0.25, 0.3) is 22.2 Å². The predicted molar refractivity (Wildman–Crippen MR) is 87.6 cm³/mol. The highest BCUT2D eigenvalue weighted by Gasteiger charge is 2.15. The van der Waals surface area contributed by atoms with Gasteiger partial charge in [0.15, 0.2) is 0 Å². The molecule has 0 unspecified atom stereocenters. The Hall–Kier alpha value is -1.66. The second kappa shape index (κ2) is 5.27. The van der Waals surface area contributed by atoms with Crippen molar-refractivity contribution in [3.63, 3.8) is 0 Å². The third-order valence-electron chi connectivity index (χ3n) is 3.51. The van der Waals surface area contributed by atoms with Crippen LogP contribution in [0.3, 0.4) is 0 Å². The van der Waals surface area contributed by atoms with Crippen molar-refractivity contribution in [3.05, 3.63) is 39.7 Å². The molecular weight excluding hydrogens is 350 g/mol. The Morgan fingerprint density at radius 3 is 3.05 bits per heavy atom. The van der Waals surface area contributed by atoms with Crippen molar-refractivity contribution in [3.8, 4) is 22.2 Å². The van der Waals surface area contributed by atoms with Gasteiger partial charge in [-0.3, -0.25) is 0 Å². The summed E-state index contributed by atoms with van der Waals surface area (Å²) in [5.74, 6) is 1.21. The number of nitrogens with zero attached hydrogens (tertiary/aromatic N) is 2. The first-order valence-corrected chi connectivity index (χ1v) is 8.37. The standard InChI is InChI=1S/C15H12BrN3OS/c16-13-6-5-12(21-13)14-18-15(20-19-14)10-3-4-11-9(8-10)2-1-7-17-11/h3-6,8,17H,1-2,7H2. The summed E-state index contributed by atoms with van der Waals surface area (Å²) in [6.07, 6.45) is 2.25. The van der Waals surface area contributed by atoms with E-state index >= 15 is 0 Å². The third kappa shape index (κ3) is 2.49. The molecule has 0 saturated heterocycles. The van der Waals surface area contributed by atoms with E-state index < -0.39 is 0 Å². The van der Waals surface area contributed by atoms with Gasteiger partial charge in [-0.1, -0.05) is 5.16 Å². The number of hydrogen-bond acceptors (Lipinski definition) is 5. The molecule has 0 radical (unpaired) electrons. The molecule has 1 aliphatic rings. The molecule has 0 saturated carbocycles. The van der Waals surface area contributed by atoms with Crippen molar-refractivity contribution >= 4 is 33.0 Å². The van der Waals surface area contributed by atoms with Crippen LogP contribution in [0.4, 0.5) is 5.69 Å². The second-order valence-electron chi connectivity index (χ2n) is 4.93. The van der Waals surface area contributed by atoms with Crippen LogP contribution in [-0.2, 0) is 6.42 Å². The number of aromatic nitrogens is 2. The fraction of sp³-hybridized carbons (Fsp3) is 0.200. The summed E-state index contributed by atoms with van der Waals surface area (Å²) in [4.78, 5) is 5.50. The summed E-state index contributed by atoms with van der Waals surface area (Å²) in [5, 5.41) is 7.48. The first-order chi connectivity index (χ1) is 10.3. The Bertz CT molecular complexity index is 796. The molecule has 0 fully saturated rings. The van der Waals surface area contributed by atoms with Crippen LogP contribution < -0.4 is 5.32 Å². The van der Waals surface area contributed by atoms with Crippen LogP contribution in [0.1, 0.15) is 12.0 Å². The molecule has 3 heterocycles. The van der Waals surface area contributed by atoms with Gasteiger partial charge in [0, 0.05) is 17.8 Å². The van der Waals surface area contributed by atoms with E-state index in [1.165, 1.54) is 11.3 Å². The number of nitrogens with one attached hydrogen (secondary N) is 1. The molecule has 1 aromatic carbocycles. The summed E-state index contributed by atoms with van der Waals surface area (Å²) >= 11 is 5.04. The average molecular weight is 362 g/mol. The van der Waals surface area contributed by atoms with E-state index in [4.69, 9.17) is 4.52 Å². The summed E-state index contributed by atoms with van der Waals surface area (Å²) in [5.41, 5.74) is 3.51. The second-order valence-corrected chi connectivity index (χ2v) is 7.39. The first kappa shape index (κ1) is 13.0. The average Bonchev–Trinajstić information content (AvgIpc) is 3.15. The largest absolute Gasteiger partial charge is 0.385 e. The Kier molecular flexibility index (Phi) is 3.27. The maximum absolute atomic E-state index is 5.42. The smallest absolute Gasteiger partial charge is 0.258 e. The highest BCUT2D eigenvalue weighted by Crippen LogP contribution is 2.32. The first-order valence-electron chi connectivity index (χ1n) is 6.76. The lowest BCUT2D eigenvalue weighted by Gasteiger charge is -2.17. The molecule has 3 aromatic rings. The molecule has 4 nitrogen and oxygen atoms in total. The van der Waals surface area contributed by atoms with E-state index in [1.807, 2.05) is 18.2 Å². The van der Waals surface area contributed by atoms with Gasteiger partial charge in [0.25, 0.3) is 5.89 Å². The molecule has 0 amide bonds. The SMILES string of the molecule is Brc1ccc(-c2noc(-c3ccc4c(c3)CCCN4)n2)s1. The van der Waals surface area contributed by atoms with Gasteiger partial charge in [0.1, 0.15) is 0 Å². The molecule has 0 bridgehead atoms. The van der Waals surface area contributed by atoms with E-state index in [9.17, 15) is 0 Å². The fourth-order valence-corrected chi connectivity index (χ4v) is 3.80. The van der Waals surface area contributed by atoms with Crippen molar-refractivity contribution in [1.82, 2.24) is 10.1 Å². The lowest BCUT2D eigenvalue weighted by molar-refractivity contribution is 0.432. The maximum Gasteiger partial charge on any atom is 0.258 e. The topological polar surface area (TPSA) is 51.0 Å². The fourth-order valence-electron chi connectivity index (χ4n) is 2.48. The monoisotopic (exact) mass is 361 g/mol. The number of benzene rings is 1. The zero-order chi connectivity index (χ0) is 14.2. The molecule has 0 spiro atoms. The molecule has 0 aliphatic carbocycles. The van der Waals surface area contributed by atoms with Crippen LogP contribution in [-0.4, -0.2) is 16.7 Å². The summed E-state index contributed by atoms with van der Waals surface area (Å²) in [7, 11) is 0. The molecule has 6 heteroatoms. The van der Waals surface area contributed by atoms with Crippen molar-refractivity contribution < 1.29 is 4.52 Å². The molecular formula is C15H12BrN3OS. The molecule has 4 rings (SSSR count). The quantitative estimate of drug-likeness (QED) is 0.725. The Labute approximate surface area is 134 Å². The zero-order valence-electron chi connectivity index (χ0n) is 11.1. The van der Waals surface area contributed by atoms with E-state index in [0.29, 0.717) is 11.7 Å². The molecule has 1 aliphatic heterocycles. The zero-order valence-corrected chi connectivity index (χ0v) is 13.5. The van der Waals surface area contributed by atoms with E-state index in [1.54, 1.807) is 11.3 Å². The van der Waals surface area contributed by atoms with Crippen LogP contribution in [0.2, 0.25) is 0 Å². The molecule has 21 heavy (non-hydrogen) atoms. The van der Waals surface area contributed by atoms with Crippen LogP contribution in [0, 0.1) is 0 Å². The number of halogens is 1. The van der Waals surface area contributed by atoms with Gasteiger partial charge >= 0.3 is 0 Å². The number of thiophene rings is 1. The van der Waals surface area contributed by atoms with E-state index in [2.05, 4.69) is 43.5 Å². The Morgan fingerprint density at radius 2 is 2.19 bits per heavy atom. The Balaban J connectivity index is 1.69. The van der Waals surface area contributed by atoms with E-state index in [-0.39, 0.29) is 0 Å². The van der Waals surface area contributed by atoms with Crippen molar-refractivity contribution in [2.24, 2.45) is 0 Å². The summed E-state index contributed by atoms with van der Waals surface area (Å²) < 4.78 is 6.47. The van der Waals surface area contributed by atoms with Crippen molar-refractivity contribution in [2.75, 3.05) is 11.9 Å². The molecule has 2 aromatic heterocycles. The minimum Gasteiger partial charge on any atom is -0.385 e. The molecule has 1 N–H and O–H groups in total. The number of rotatable bonds is 2. The molecule has 0 atom stereocenters. The minimum atomic E-state index is 0.572. The summed E-state index contributed by atoms with van der Waals surface area (Å²) in [6, 6.07) is 10.2. The predicted octanol–water partition coefficient (Wildman–Crippen LogP) is 4.59. The number of aryl methyl sites for hydroxylation is 1. The highest BCUT2D eigenvalue weighted by atomic mass is 79.9. The van der Waals surface area contributed by atoms with Gasteiger partial charge < -0.3 is 9.84 Å². The lowest BCUT2D eigenvalue weighted by atomic mass is 10.0. The van der Waals surface area contributed by atoms with Crippen LogP contribution in [0.5, 0.6) is 0 Å². The highest BCUT2D eigenvalue weighted by molar-refractivity contribution is 9.11. The van der Waals surface area contributed by atoms with Gasteiger partial charge in [-0.15, -0.1) is 11.3 Å².